The fraction of sp³-hybridized carbons (Fsp3) is 0.143. The Balaban J connectivity index is 2.27. The highest BCUT2D eigenvalue weighted by Crippen LogP contribution is 2.26. The summed E-state index contributed by atoms with van der Waals surface area (Å²) in [7, 11) is 0. The third-order valence-corrected chi connectivity index (χ3v) is 3.03. The van der Waals surface area contributed by atoms with E-state index in [2.05, 4.69) is 41.1 Å². The maximum absolute atomic E-state index is 5.83. The Labute approximate surface area is 104 Å². The van der Waals surface area contributed by atoms with Gasteiger partial charge in [0, 0.05) is 5.33 Å². The molecular weight excluding hydrogens is 264 g/mol. The molecule has 0 bridgehead atoms. The van der Waals surface area contributed by atoms with Gasteiger partial charge in [-0.15, -0.1) is 0 Å². The third-order valence-electron chi connectivity index (χ3n) is 2.38. The first-order valence-corrected chi connectivity index (χ1v) is 6.30. The Hall–Kier alpha value is -1.28. The zero-order chi connectivity index (χ0) is 11.4. The van der Waals surface area contributed by atoms with E-state index in [9.17, 15) is 0 Å². The molecule has 0 radical (unpaired) electrons. The van der Waals surface area contributed by atoms with Crippen molar-refractivity contribution in [2.24, 2.45) is 0 Å². The van der Waals surface area contributed by atoms with Crippen LogP contribution in [-0.4, -0.2) is 0 Å². The molecule has 0 heterocycles. The van der Waals surface area contributed by atoms with E-state index in [1.807, 2.05) is 30.3 Å². The molecular formula is C14H13BrO. The summed E-state index contributed by atoms with van der Waals surface area (Å²) in [6.07, 6.45) is 0. The van der Waals surface area contributed by atoms with E-state index in [4.69, 9.17) is 4.74 Å². The Kier molecular flexibility index (Phi) is 3.62. The van der Waals surface area contributed by atoms with Gasteiger partial charge in [-0.3, -0.25) is 0 Å². The second-order valence-corrected chi connectivity index (χ2v) is 4.21. The lowest BCUT2D eigenvalue weighted by atomic mass is 10.1. The van der Waals surface area contributed by atoms with Gasteiger partial charge in [0.25, 0.3) is 0 Å². The van der Waals surface area contributed by atoms with E-state index >= 15 is 0 Å². The summed E-state index contributed by atoms with van der Waals surface area (Å²) in [5.41, 5.74) is 2.37. The maximum atomic E-state index is 5.83. The molecule has 0 aromatic heterocycles. The van der Waals surface area contributed by atoms with Crippen LogP contribution < -0.4 is 4.74 Å². The lowest BCUT2D eigenvalue weighted by Crippen LogP contribution is -1.89. The molecule has 2 aromatic rings. The van der Waals surface area contributed by atoms with Crippen molar-refractivity contribution in [3.05, 3.63) is 59.7 Å². The van der Waals surface area contributed by atoms with Gasteiger partial charge in [0.1, 0.15) is 11.5 Å². The molecule has 0 atom stereocenters. The average Bonchev–Trinajstić information content (AvgIpc) is 2.33. The van der Waals surface area contributed by atoms with Gasteiger partial charge in [0.15, 0.2) is 0 Å². The number of hydrogen-bond donors (Lipinski definition) is 0. The fourth-order valence-corrected chi connectivity index (χ4v) is 1.80. The van der Waals surface area contributed by atoms with Crippen molar-refractivity contribution in [1.29, 1.82) is 0 Å². The molecule has 0 unspecified atom stereocenters. The van der Waals surface area contributed by atoms with Crippen LogP contribution in [0, 0.1) is 6.92 Å². The van der Waals surface area contributed by atoms with Crippen molar-refractivity contribution in [1.82, 2.24) is 0 Å². The first-order valence-electron chi connectivity index (χ1n) is 5.18. The van der Waals surface area contributed by atoms with Crippen molar-refractivity contribution in [3.8, 4) is 11.5 Å². The molecule has 2 heteroatoms. The van der Waals surface area contributed by atoms with Gasteiger partial charge in [0.05, 0.1) is 0 Å². The Morgan fingerprint density at radius 1 is 1.06 bits per heavy atom. The molecule has 1 nitrogen and oxygen atoms in total. The minimum Gasteiger partial charge on any atom is -0.457 e. The predicted octanol–water partition coefficient (Wildman–Crippen LogP) is 4.68. The van der Waals surface area contributed by atoms with Gasteiger partial charge >= 0.3 is 0 Å². The second kappa shape index (κ2) is 5.17. The van der Waals surface area contributed by atoms with Gasteiger partial charge in [-0.05, 0) is 36.2 Å². The second-order valence-electron chi connectivity index (χ2n) is 3.65. The molecule has 0 saturated carbocycles. The first-order chi connectivity index (χ1) is 7.79. The van der Waals surface area contributed by atoms with Gasteiger partial charge in [-0.2, -0.15) is 0 Å². The molecule has 16 heavy (non-hydrogen) atoms. The molecule has 0 aliphatic heterocycles. The van der Waals surface area contributed by atoms with Crippen molar-refractivity contribution < 1.29 is 4.74 Å². The number of aryl methyl sites for hydroxylation is 1. The van der Waals surface area contributed by atoms with E-state index < -0.39 is 0 Å². The quantitative estimate of drug-likeness (QED) is 0.740. The third kappa shape index (κ3) is 2.64. The van der Waals surface area contributed by atoms with E-state index in [0.717, 1.165) is 22.4 Å². The van der Waals surface area contributed by atoms with Crippen molar-refractivity contribution in [2.45, 2.75) is 12.3 Å². The van der Waals surface area contributed by atoms with Crippen LogP contribution in [0.4, 0.5) is 0 Å². The highest BCUT2D eigenvalue weighted by atomic mass is 79.9. The van der Waals surface area contributed by atoms with Gasteiger partial charge < -0.3 is 4.74 Å². The van der Waals surface area contributed by atoms with Crippen molar-refractivity contribution in [3.63, 3.8) is 0 Å². The standard InChI is InChI=1S/C14H13BrO/c1-11-7-8-12(10-15)9-14(11)16-13-5-3-2-4-6-13/h2-9H,10H2,1H3. The fourth-order valence-electron chi connectivity index (χ4n) is 1.45. The molecule has 82 valence electrons. The predicted molar refractivity (Wildman–Crippen MR) is 70.3 cm³/mol. The smallest absolute Gasteiger partial charge is 0.130 e. The monoisotopic (exact) mass is 276 g/mol. The summed E-state index contributed by atoms with van der Waals surface area (Å²) in [5.74, 6) is 1.79. The minimum atomic E-state index is 0.846. The van der Waals surface area contributed by atoms with Crippen LogP contribution in [0.25, 0.3) is 0 Å². The number of rotatable bonds is 3. The first kappa shape index (κ1) is 11.2. The molecule has 0 amide bonds. The van der Waals surface area contributed by atoms with E-state index in [1.165, 1.54) is 5.56 Å². The Morgan fingerprint density at radius 2 is 1.81 bits per heavy atom. The Bertz CT molecular complexity index is 465. The van der Waals surface area contributed by atoms with Crippen LogP contribution in [-0.2, 0) is 5.33 Å². The number of benzene rings is 2. The molecule has 0 aliphatic carbocycles. The summed E-state index contributed by atoms with van der Waals surface area (Å²) in [4.78, 5) is 0. The summed E-state index contributed by atoms with van der Waals surface area (Å²) in [6.45, 7) is 2.05. The normalized spacial score (nSPS) is 10.1. The number of alkyl halides is 1. The zero-order valence-electron chi connectivity index (χ0n) is 9.11. The van der Waals surface area contributed by atoms with Gasteiger partial charge in [0.2, 0.25) is 0 Å². The molecule has 0 saturated heterocycles. The summed E-state index contributed by atoms with van der Waals surface area (Å²) in [5, 5.41) is 0.846. The highest BCUT2D eigenvalue weighted by molar-refractivity contribution is 9.08. The highest BCUT2D eigenvalue weighted by Gasteiger charge is 2.02. The van der Waals surface area contributed by atoms with Gasteiger partial charge in [-0.1, -0.05) is 46.3 Å². The van der Waals surface area contributed by atoms with Crippen LogP contribution in [0.15, 0.2) is 48.5 Å². The summed E-state index contributed by atoms with van der Waals surface area (Å²) < 4.78 is 5.83. The summed E-state index contributed by atoms with van der Waals surface area (Å²) in [6, 6.07) is 16.1. The van der Waals surface area contributed by atoms with Crippen LogP contribution in [0.5, 0.6) is 11.5 Å². The van der Waals surface area contributed by atoms with Crippen LogP contribution >= 0.6 is 15.9 Å². The topological polar surface area (TPSA) is 9.23 Å². The molecule has 0 fully saturated rings. The van der Waals surface area contributed by atoms with E-state index in [1.54, 1.807) is 0 Å². The van der Waals surface area contributed by atoms with Crippen LogP contribution in [0.1, 0.15) is 11.1 Å². The number of halogens is 1. The van der Waals surface area contributed by atoms with Crippen molar-refractivity contribution >= 4 is 15.9 Å². The molecule has 0 spiro atoms. The molecule has 2 rings (SSSR count). The molecule has 0 N–H and O–H groups in total. The van der Waals surface area contributed by atoms with E-state index in [0.29, 0.717) is 0 Å². The lowest BCUT2D eigenvalue weighted by molar-refractivity contribution is 0.478. The van der Waals surface area contributed by atoms with Crippen molar-refractivity contribution in [2.75, 3.05) is 0 Å². The largest absolute Gasteiger partial charge is 0.457 e. The molecule has 0 aliphatic rings. The minimum absolute atomic E-state index is 0.846. The average molecular weight is 277 g/mol. The Morgan fingerprint density at radius 3 is 2.50 bits per heavy atom. The summed E-state index contributed by atoms with van der Waals surface area (Å²) >= 11 is 3.45. The molecule has 2 aromatic carbocycles. The number of hydrogen-bond acceptors (Lipinski definition) is 1. The number of ether oxygens (including phenoxy) is 1. The van der Waals surface area contributed by atoms with Crippen LogP contribution in [0.2, 0.25) is 0 Å². The van der Waals surface area contributed by atoms with Crippen LogP contribution in [0.3, 0.4) is 0 Å². The lowest BCUT2D eigenvalue weighted by Gasteiger charge is -2.09. The van der Waals surface area contributed by atoms with E-state index in [-0.39, 0.29) is 0 Å². The number of para-hydroxylation sites is 1. The zero-order valence-corrected chi connectivity index (χ0v) is 10.7. The maximum Gasteiger partial charge on any atom is 0.130 e. The SMILES string of the molecule is Cc1ccc(CBr)cc1Oc1ccccc1. The van der Waals surface area contributed by atoms with Gasteiger partial charge in [-0.25, -0.2) is 0 Å².